The molecule has 0 aliphatic heterocycles. The maximum atomic E-state index is 5.97. The summed E-state index contributed by atoms with van der Waals surface area (Å²) in [6.45, 7) is 3.47. The van der Waals surface area contributed by atoms with E-state index in [9.17, 15) is 0 Å². The highest BCUT2D eigenvalue weighted by Gasteiger charge is 2.03. The molecule has 0 saturated carbocycles. The van der Waals surface area contributed by atoms with E-state index >= 15 is 0 Å². The van der Waals surface area contributed by atoms with Gasteiger partial charge in [0.2, 0.25) is 0 Å². The fourth-order valence-corrected chi connectivity index (χ4v) is 2.49. The van der Waals surface area contributed by atoms with Gasteiger partial charge in [0.15, 0.2) is 0 Å². The van der Waals surface area contributed by atoms with Gasteiger partial charge in [-0.15, -0.1) is 0 Å². The van der Waals surface area contributed by atoms with Crippen LogP contribution in [0.15, 0.2) is 78.9 Å². The van der Waals surface area contributed by atoms with Crippen LogP contribution >= 0.6 is 0 Å². The molecule has 116 valence electrons. The van der Waals surface area contributed by atoms with Gasteiger partial charge in [0.05, 0.1) is 5.69 Å². The first-order chi connectivity index (χ1) is 11.3. The average molecular weight is 303 g/mol. The second-order valence-electron chi connectivity index (χ2n) is 5.61. The number of hydrogen-bond acceptors (Lipinski definition) is 2. The maximum absolute atomic E-state index is 5.97. The highest BCUT2D eigenvalue weighted by atomic mass is 16.5. The van der Waals surface area contributed by atoms with Crippen molar-refractivity contribution in [3.05, 3.63) is 95.6 Å². The van der Waals surface area contributed by atoms with Crippen LogP contribution in [0, 0.1) is 6.92 Å². The predicted octanol–water partition coefficient (Wildman–Crippen LogP) is 5.19. The fraction of sp³-hybridized carbons (Fsp3) is 0.143. The number of benzene rings is 3. The van der Waals surface area contributed by atoms with Crippen molar-refractivity contribution in [2.75, 3.05) is 5.32 Å². The second-order valence-corrected chi connectivity index (χ2v) is 5.61. The zero-order chi connectivity index (χ0) is 15.9. The zero-order valence-corrected chi connectivity index (χ0v) is 13.3. The Labute approximate surface area is 137 Å². The van der Waals surface area contributed by atoms with Crippen LogP contribution < -0.4 is 10.1 Å². The number of hydrogen-bond donors (Lipinski definition) is 1. The van der Waals surface area contributed by atoms with Gasteiger partial charge in [0.1, 0.15) is 12.4 Å². The van der Waals surface area contributed by atoms with Gasteiger partial charge in [0.25, 0.3) is 0 Å². The number of aryl methyl sites for hydroxylation is 1. The van der Waals surface area contributed by atoms with Crippen LogP contribution in [-0.4, -0.2) is 0 Å². The summed E-state index contributed by atoms with van der Waals surface area (Å²) in [6, 6.07) is 26.8. The van der Waals surface area contributed by atoms with Crippen LogP contribution in [0.5, 0.6) is 5.75 Å². The summed E-state index contributed by atoms with van der Waals surface area (Å²) in [5, 5.41) is 3.47. The van der Waals surface area contributed by atoms with Crippen molar-refractivity contribution < 1.29 is 4.74 Å². The first kappa shape index (κ1) is 15.2. The van der Waals surface area contributed by atoms with E-state index in [1.54, 1.807) is 0 Å². The van der Waals surface area contributed by atoms with E-state index in [1.807, 2.05) is 36.4 Å². The minimum atomic E-state index is 0.573. The molecule has 1 N–H and O–H groups in total. The minimum Gasteiger partial charge on any atom is -0.487 e. The lowest BCUT2D eigenvalue weighted by molar-refractivity contribution is 0.307. The molecule has 0 heterocycles. The largest absolute Gasteiger partial charge is 0.487 e. The first-order valence-corrected chi connectivity index (χ1v) is 7.86. The topological polar surface area (TPSA) is 21.3 Å². The highest BCUT2D eigenvalue weighted by molar-refractivity contribution is 5.56. The molecule has 2 heteroatoms. The molecule has 0 amide bonds. The van der Waals surface area contributed by atoms with E-state index in [0.29, 0.717) is 6.61 Å². The van der Waals surface area contributed by atoms with E-state index < -0.39 is 0 Å². The maximum Gasteiger partial charge on any atom is 0.142 e. The lowest BCUT2D eigenvalue weighted by Crippen LogP contribution is -2.03. The van der Waals surface area contributed by atoms with Crippen LogP contribution in [-0.2, 0) is 13.2 Å². The van der Waals surface area contributed by atoms with Gasteiger partial charge in [-0.05, 0) is 30.2 Å². The molecule has 0 aliphatic rings. The Morgan fingerprint density at radius 2 is 1.52 bits per heavy atom. The number of ether oxygens (including phenoxy) is 1. The van der Waals surface area contributed by atoms with Crippen LogP contribution in [0.3, 0.4) is 0 Å². The fourth-order valence-electron chi connectivity index (χ4n) is 2.49. The van der Waals surface area contributed by atoms with Crippen molar-refractivity contribution in [3.8, 4) is 5.75 Å². The monoisotopic (exact) mass is 303 g/mol. The number of anilines is 1. The molecular formula is C21H21NO. The zero-order valence-electron chi connectivity index (χ0n) is 13.3. The van der Waals surface area contributed by atoms with Gasteiger partial charge in [-0.2, -0.15) is 0 Å². The highest BCUT2D eigenvalue weighted by Crippen LogP contribution is 2.25. The summed E-state index contributed by atoms with van der Waals surface area (Å²) in [5.41, 5.74) is 4.73. The normalized spacial score (nSPS) is 10.3. The Morgan fingerprint density at radius 3 is 2.35 bits per heavy atom. The Hall–Kier alpha value is -2.74. The summed E-state index contributed by atoms with van der Waals surface area (Å²) in [6.07, 6.45) is 0. The van der Waals surface area contributed by atoms with E-state index in [1.165, 1.54) is 16.7 Å². The molecule has 0 saturated heterocycles. The molecule has 3 aromatic rings. The number of rotatable bonds is 6. The van der Waals surface area contributed by atoms with E-state index in [0.717, 1.165) is 18.0 Å². The standard InChI is InChI=1S/C21H21NO/c1-17-8-7-11-19(14-17)15-22-20-12-5-6-13-21(20)23-16-18-9-3-2-4-10-18/h2-14,22H,15-16H2,1H3. The van der Waals surface area contributed by atoms with Crippen LogP contribution in [0.25, 0.3) is 0 Å². The molecule has 3 rings (SSSR count). The van der Waals surface area contributed by atoms with Crippen LogP contribution in [0.2, 0.25) is 0 Å². The molecule has 3 aromatic carbocycles. The molecule has 0 aliphatic carbocycles. The van der Waals surface area contributed by atoms with Crippen molar-refractivity contribution in [2.24, 2.45) is 0 Å². The van der Waals surface area contributed by atoms with Crippen LogP contribution in [0.1, 0.15) is 16.7 Å². The summed E-state index contributed by atoms with van der Waals surface area (Å²) >= 11 is 0. The molecule has 0 unspecified atom stereocenters. The van der Waals surface area contributed by atoms with E-state index in [4.69, 9.17) is 4.74 Å². The molecule has 0 atom stereocenters. The SMILES string of the molecule is Cc1cccc(CNc2ccccc2OCc2ccccc2)c1. The van der Waals surface area contributed by atoms with Crippen molar-refractivity contribution in [2.45, 2.75) is 20.1 Å². The molecule has 23 heavy (non-hydrogen) atoms. The Bertz CT molecular complexity index is 753. The molecule has 0 fully saturated rings. The third kappa shape index (κ3) is 4.36. The van der Waals surface area contributed by atoms with Gasteiger partial charge in [0, 0.05) is 6.54 Å². The molecule has 2 nitrogen and oxygen atoms in total. The summed E-state index contributed by atoms with van der Waals surface area (Å²) in [5.74, 6) is 0.879. The molecule has 0 bridgehead atoms. The number of nitrogens with one attached hydrogen (secondary N) is 1. The van der Waals surface area contributed by atoms with Crippen molar-refractivity contribution >= 4 is 5.69 Å². The van der Waals surface area contributed by atoms with Crippen LogP contribution in [0.4, 0.5) is 5.69 Å². The third-order valence-corrected chi connectivity index (χ3v) is 3.69. The molecular weight excluding hydrogens is 282 g/mol. The van der Waals surface area contributed by atoms with Gasteiger partial charge in [-0.1, -0.05) is 72.3 Å². The Morgan fingerprint density at radius 1 is 0.783 bits per heavy atom. The Balaban J connectivity index is 1.65. The lowest BCUT2D eigenvalue weighted by Gasteiger charge is -2.13. The second kappa shape index (κ2) is 7.50. The summed E-state index contributed by atoms with van der Waals surface area (Å²) in [4.78, 5) is 0. The predicted molar refractivity (Wildman–Crippen MR) is 95.7 cm³/mol. The summed E-state index contributed by atoms with van der Waals surface area (Å²) < 4.78 is 5.97. The van der Waals surface area contributed by atoms with Gasteiger partial charge in [-0.25, -0.2) is 0 Å². The third-order valence-electron chi connectivity index (χ3n) is 3.69. The minimum absolute atomic E-state index is 0.573. The van der Waals surface area contributed by atoms with Gasteiger partial charge < -0.3 is 10.1 Å². The van der Waals surface area contributed by atoms with E-state index in [2.05, 4.69) is 54.7 Å². The number of para-hydroxylation sites is 2. The van der Waals surface area contributed by atoms with E-state index in [-0.39, 0.29) is 0 Å². The van der Waals surface area contributed by atoms with Crippen molar-refractivity contribution in [3.63, 3.8) is 0 Å². The lowest BCUT2D eigenvalue weighted by atomic mass is 10.1. The molecule has 0 radical (unpaired) electrons. The first-order valence-electron chi connectivity index (χ1n) is 7.86. The van der Waals surface area contributed by atoms with Gasteiger partial charge in [-0.3, -0.25) is 0 Å². The summed E-state index contributed by atoms with van der Waals surface area (Å²) in [7, 11) is 0. The molecule has 0 spiro atoms. The van der Waals surface area contributed by atoms with Crippen molar-refractivity contribution in [1.29, 1.82) is 0 Å². The molecule has 0 aromatic heterocycles. The Kier molecular flexibility index (Phi) is 4.95. The van der Waals surface area contributed by atoms with Gasteiger partial charge >= 0.3 is 0 Å². The smallest absolute Gasteiger partial charge is 0.142 e. The van der Waals surface area contributed by atoms with Crippen molar-refractivity contribution in [1.82, 2.24) is 0 Å². The average Bonchev–Trinajstić information content (AvgIpc) is 2.60. The quantitative estimate of drug-likeness (QED) is 0.677.